The van der Waals surface area contributed by atoms with Crippen LogP contribution in [0.4, 0.5) is 5.69 Å². The van der Waals surface area contributed by atoms with Crippen LogP contribution in [0.15, 0.2) is 24.3 Å². The minimum Gasteiger partial charge on any atom is -0.505 e. The number of hydrogen-bond donors (Lipinski definition) is 2. The molecule has 5 nitrogen and oxygen atoms in total. The van der Waals surface area contributed by atoms with Crippen molar-refractivity contribution in [3.8, 4) is 5.75 Å². The van der Waals surface area contributed by atoms with Crippen LogP contribution in [0.1, 0.15) is 21.5 Å². The van der Waals surface area contributed by atoms with Crippen LogP contribution in [-0.2, 0) is 4.79 Å². The smallest absolute Gasteiger partial charge is 0.259 e. The molecule has 0 aliphatic rings. The van der Waals surface area contributed by atoms with E-state index in [-0.39, 0.29) is 27.2 Å². The summed E-state index contributed by atoms with van der Waals surface area (Å²) in [5.74, 6) is -1.54. The zero-order valence-electron chi connectivity index (χ0n) is 14.4. The van der Waals surface area contributed by atoms with Crippen molar-refractivity contribution in [3.63, 3.8) is 0 Å². The van der Waals surface area contributed by atoms with E-state index in [2.05, 4.69) is 5.32 Å². The molecular weight excluding hydrogens is 399 g/mol. The molecule has 138 valence electrons. The Hall–Kier alpha value is -1.95. The maximum atomic E-state index is 12.6. The standard InChI is InChI=1S/C18H17Cl3N2O3/c1-9-5-4-6-13(10(9)2)22-14(24)8-23(3)18(26)15-16(21)11(19)7-12(20)17(15)25/h4-7,25H,8H2,1-3H3,(H,22,24). The summed E-state index contributed by atoms with van der Waals surface area (Å²) in [5.41, 5.74) is 2.41. The second-order valence-corrected chi connectivity index (χ2v) is 7.03. The van der Waals surface area contributed by atoms with Crippen molar-refractivity contribution in [2.45, 2.75) is 13.8 Å². The molecule has 0 spiro atoms. The molecule has 2 N–H and O–H groups in total. The normalized spacial score (nSPS) is 10.5. The number of phenols is 1. The third-order valence-electron chi connectivity index (χ3n) is 3.97. The number of amides is 2. The van der Waals surface area contributed by atoms with Crippen molar-refractivity contribution < 1.29 is 14.7 Å². The van der Waals surface area contributed by atoms with Gasteiger partial charge >= 0.3 is 0 Å². The predicted octanol–water partition coefficient (Wildman–Crippen LogP) is 4.68. The summed E-state index contributed by atoms with van der Waals surface area (Å²) in [6, 6.07) is 6.79. The zero-order chi connectivity index (χ0) is 19.6. The van der Waals surface area contributed by atoms with Crippen molar-refractivity contribution in [2.24, 2.45) is 0 Å². The fourth-order valence-corrected chi connectivity index (χ4v) is 3.02. The molecule has 0 fully saturated rings. The zero-order valence-corrected chi connectivity index (χ0v) is 16.6. The fraction of sp³-hybridized carbons (Fsp3) is 0.222. The van der Waals surface area contributed by atoms with Crippen molar-refractivity contribution in [3.05, 3.63) is 56.0 Å². The Kier molecular flexibility index (Phi) is 6.39. The molecule has 0 aromatic heterocycles. The van der Waals surface area contributed by atoms with Gasteiger partial charge in [-0.25, -0.2) is 0 Å². The van der Waals surface area contributed by atoms with Gasteiger partial charge in [0.05, 0.1) is 21.6 Å². The third-order valence-corrected chi connectivity index (χ3v) is 5.04. The lowest BCUT2D eigenvalue weighted by Gasteiger charge is -2.19. The minimum atomic E-state index is -0.673. The number of aryl methyl sites for hydroxylation is 1. The van der Waals surface area contributed by atoms with Gasteiger partial charge in [0.1, 0.15) is 11.3 Å². The van der Waals surface area contributed by atoms with Gasteiger partial charge in [-0.3, -0.25) is 9.59 Å². The second-order valence-electron chi connectivity index (χ2n) is 5.83. The third kappa shape index (κ3) is 4.23. The molecule has 0 unspecified atom stereocenters. The number of aromatic hydroxyl groups is 1. The monoisotopic (exact) mass is 414 g/mol. The Morgan fingerprint density at radius 3 is 2.46 bits per heavy atom. The second kappa shape index (κ2) is 8.16. The van der Waals surface area contributed by atoms with E-state index < -0.39 is 17.6 Å². The van der Waals surface area contributed by atoms with Gasteiger partial charge in [0.2, 0.25) is 5.91 Å². The Morgan fingerprint density at radius 1 is 1.15 bits per heavy atom. The van der Waals surface area contributed by atoms with Gasteiger partial charge in [-0.05, 0) is 37.1 Å². The number of rotatable bonds is 4. The molecule has 0 saturated carbocycles. The van der Waals surface area contributed by atoms with E-state index in [4.69, 9.17) is 34.8 Å². The van der Waals surface area contributed by atoms with E-state index in [0.717, 1.165) is 16.0 Å². The lowest BCUT2D eigenvalue weighted by atomic mass is 10.1. The fourth-order valence-electron chi connectivity index (χ4n) is 2.34. The number of benzene rings is 2. The number of nitrogens with zero attached hydrogens (tertiary/aromatic N) is 1. The molecule has 0 radical (unpaired) electrons. The molecular formula is C18H17Cl3N2O3. The van der Waals surface area contributed by atoms with Gasteiger partial charge in [-0.2, -0.15) is 0 Å². The topological polar surface area (TPSA) is 69.6 Å². The first-order valence-corrected chi connectivity index (χ1v) is 8.74. The average molecular weight is 416 g/mol. The largest absolute Gasteiger partial charge is 0.505 e. The summed E-state index contributed by atoms with van der Waals surface area (Å²) in [6.07, 6.45) is 0. The Balaban J connectivity index is 2.17. The number of nitrogens with one attached hydrogen (secondary N) is 1. The summed E-state index contributed by atoms with van der Waals surface area (Å²) < 4.78 is 0. The molecule has 2 aromatic carbocycles. The molecule has 0 aliphatic carbocycles. The lowest BCUT2D eigenvalue weighted by Crippen LogP contribution is -2.35. The first kappa shape index (κ1) is 20.4. The summed E-state index contributed by atoms with van der Waals surface area (Å²) in [4.78, 5) is 26.0. The molecule has 2 aromatic rings. The highest BCUT2D eigenvalue weighted by Gasteiger charge is 2.25. The van der Waals surface area contributed by atoms with Crippen LogP contribution >= 0.6 is 34.8 Å². The maximum Gasteiger partial charge on any atom is 0.259 e. The van der Waals surface area contributed by atoms with Gasteiger partial charge in [0.15, 0.2) is 0 Å². The molecule has 0 bridgehead atoms. The number of carbonyl (C=O) groups excluding carboxylic acids is 2. The Labute approximate surface area is 166 Å². The molecule has 0 saturated heterocycles. The van der Waals surface area contributed by atoms with E-state index in [1.54, 1.807) is 6.07 Å². The van der Waals surface area contributed by atoms with Crippen molar-refractivity contribution in [1.82, 2.24) is 4.90 Å². The first-order chi connectivity index (χ1) is 12.1. The van der Waals surface area contributed by atoms with Gasteiger partial charge < -0.3 is 15.3 Å². The van der Waals surface area contributed by atoms with Gasteiger partial charge in [-0.1, -0.05) is 46.9 Å². The average Bonchev–Trinajstić information content (AvgIpc) is 2.57. The quantitative estimate of drug-likeness (QED) is 0.712. The van der Waals surface area contributed by atoms with E-state index in [1.165, 1.54) is 13.1 Å². The summed E-state index contributed by atoms with van der Waals surface area (Å²) in [5, 5.41) is 12.6. The number of likely N-dealkylation sites (N-methyl/N-ethyl adjacent to an activating group) is 1. The SMILES string of the molecule is Cc1cccc(NC(=O)CN(C)C(=O)c2c(O)c(Cl)cc(Cl)c2Cl)c1C. The van der Waals surface area contributed by atoms with E-state index >= 15 is 0 Å². The van der Waals surface area contributed by atoms with E-state index in [0.29, 0.717) is 5.69 Å². The van der Waals surface area contributed by atoms with Crippen LogP contribution in [0.25, 0.3) is 0 Å². The van der Waals surface area contributed by atoms with Crippen LogP contribution < -0.4 is 5.32 Å². The van der Waals surface area contributed by atoms with Crippen LogP contribution in [0.2, 0.25) is 15.1 Å². The molecule has 0 aliphatic heterocycles. The van der Waals surface area contributed by atoms with Crippen molar-refractivity contribution in [1.29, 1.82) is 0 Å². The molecule has 0 heterocycles. The highest BCUT2D eigenvalue weighted by molar-refractivity contribution is 6.45. The molecule has 2 rings (SSSR count). The molecule has 0 atom stereocenters. The number of hydrogen-bond acceptors (Lipinski definition) is 3. The first-order valence-electron chi connectivity index (χ1n) is 7.61. The summed E-state index contributed by atoms with van der Waals surface area (Å²) in [6.45, 7) is 3.59. The molecule has 26 heavy (non-hydrogen) atoms. The van der Waals surface area contributed by atoms with E-state index in [9.17, 15) is 14.7 Å². The number of halogens is 3. The number of carbonyl (C=O) groups is 2. The van der Waals surface area contributed by atoms with Crippen LogP contribution in [0, 0.1) is 13.8 Å². The Bertz CT molecular complexity index is 858. The maximum absolute atomic E-state index is 12.6. The van der Waals surface area contributed by atoms with Crippen LogP contribution in [-0.4, -0.2) is 35.4 Å². The predicted molar refractivity (Wildman–Crippen MR) is 105 cm³/mol. The van der Waals surface area contributed by atoms with Crippen LogP contribution in [0.5, 0.6) is 5.75 Å². The summed E-state index contributed by atoms with van der Waals surface area (Å²) in [7, 11) is 1.41. The number of phenolic OH excluding ortho intramolecular Hbond substituents is 1. The van der Waals surface area contributed by atoms with Gasteiger partial charge in [0.25, 0.3) is 5.91 Å². The number of anilines is 1. The minimum absolute atomic E-state index is 0.0334. The lowest BCUT2D eigenvalue weighted by molar-refractivity contribution is -0.116. The highest BCUT2D eigenvalue weighted by Crippen LogP contribution is 2.38. The molecule has 2 amide bonds. The molecule has 8 heteroatoms. The van der Waals surface area contributed by atoms with Crippen LogP contribution in [0.3, 0.4) is 0 Å². The van der Waals surface area contributed by atoms with Crippen molar-refractivity contribution in [2.75, 3.05) is 18.9 Å². The van der Waals surface area contributed by atoms with Gasteiger partial charge in [0, 0.05) is 12.7 Å². The summed E-state index contributed by atoms with van der Waals surface area (Å²) >= 11 is 17.8. The Morgan fingerprint density at radius 2 is 1.81 bits per heavy atom. The van der Waals surface area contributed by atoms with Crippen molar-refractivity contribution >= 4 is 52.3 Å². The van der Waals surface area contributed by atoms with Gasteiger partial charge in [-0.15, -0.1) is 0 Å². The highest BCUT2D eigenvalue weighted by atomic mass is 35.5. The van der Waals surface area contributed by atoms with E-state index in [1.807, 2.05) is 26.0 Å².